The van der Waals surface area contributed by atoms with Crippen LogP contribution in [0.3, 0.4) is 0 Å². The minimum absolute atomic E-state index is 0.0848. The first-order chi connectivity index (χ1) is 12.8. The van der Waals surface area contributed by atoms with E-state index < -0.39 is 32.8 Å². The molecule has 2 aliphatic rings. The van der Waals surface area contributed by atoms with Gasteiger partial charge in [0, 0.05) is 31.7 Å². The molecule has 1 aromatic carbocycles. The molecular weight excluding hydrogens is 362 g/mol. The van der Waals surface area contributed by atoms with Crippen LogP contribution in [0.25, 0.3) is 0 Å². The predicted molar refractivity (Wildman–Crippen MR) is 91.9 cm³/mol. The third kappa shape index (κ3) is 3.83. The Labute approximate surface area is 153 Å². The molecule has 0 bridgehead atoms. The lowest BCUT2D eigenvalue weighted by Gasteiger charge is -2.37. The largest absolute Gasteiger partial charge is 0.465 e. The second-order valence-corrected chi connectivity index (χ2v) is 6.56. The quantitative estimate of drug-likeness (QED) is 0.460. The normalized spacial score (nSPS) is 24.6. The average molecular weight is 381 g/mol. The van der Waals surface area contributed by atoms with Gasteiger partial charge in [-0.2, -0.15) is 0 Å². The molecule has 2 fully saturated rings. The first-order valence-electron chi connectivity index (χ1n) is 8.38. The van der Waals surface area contributed by atoms with Crippen molar-refractivity contribution in [2.75, 3.05) is 32.2 Å². The zero-order valence-electron chi connectivity index (χ0n) is 14.6. The molecule has 11 heteroatoms. The number of carbonyl (C=O) groups excluding carboxylic acids is 1. The van der Waals surface area contributed by atoms with E-state index in [1.54, 1.807) is 0 Å². The van der Waals surface area contributed by atoms with E-state index >= 15 is 0 Å². The fraction of sp³-hybridized carbons (Fsp3) is 0.562. The summed E-state index contributed by atoms with van der Waals surface area (Å²) in [6.45, 7) is 1.46. The van der Waals surface area contributed by atoms with Crippen LogP contribution in [0.15, 0.2) is 12.1 Å². The Bertz CT molecular complexity index is 775. The molecule has 11 nitrogen and oxygen atoms in total. The number of carbonyl (C=O) groups is 1. The van der Waals surface area contributed by atoms with Crippen molar-refractivity contribution >= 4 is 23.0 Å². The van der Waals surface area contributed by atoms with Crippen LogP contribution in [0.2, 0.25) is 0 Å². The first-order valence-corrected chi connectivity index (χ1v) is 8.38. The number of benzene rings is 1. The van der Waals surface area contributed by atoms with Gasteiger partial charge in [0.1, 0.15) is 5.69 Å². The van der Waals surface area contributed by atoms with Crippen molar-refractivity contribution in [3.8, 4) is 0 Å². The molecule has 2 heterocycles. The van der Waals surface area contributed by atoms with E-state index in [1.807, 2.05) is 0 Å². The topological polar surface area (TPSA) is 143 Å². The minimum Gasteiger partial charge on any atom is -0.465 e. The standard InChI is InChI=1S/C16H19N3O8/c1-25-15(20)12-6-11(18(21)22)7-13(19(23)24)14(12)17-10-2-4-27-16(8-10)3-5-26-9-16/h6-7,10,17H,2-5,8-9H2,1H3/t10-,16+/m0/s1. The second-order valence-electron chi connectivity index (χ2n) is 6.56. The second kappa shape index (κ2) is 7.45. The van der Waals surface area contributed by atoms with Crippen LogP contribution in [0.5, 0.6) is 0 Å². The van der Waals surface area contributed by atoms with Crippen molar-refractivity contribution < 1.29 is 28.9 Å². The summed E-state index contributed by atoms with van der Waals surface area (Å²) in [4.78, 5) is 33.2. The van der Waals surface area contributed by atoms with Gasteiger partial charge in [0.05, 0.1) is 40.8 Å². The van der Waals surface area contributed by atoms with Crippen molar-refractivity contribution in [2.24, 2.45) is 0 Å². The van der Waals surface area contributed by atoms with Gasteiger partial charge in [-0.15, -0.1) is 0 Å². The monoisotopic (exact) mass is 381 g/mol. The molecule has 0 amide bonds. The predicted octanol–water partition coefficient (Wildman–Crippen LogP) is 2.04. The van der Waals surface area contributed by atoms with Crippen LogP contribution in [0.1, 0.15) is 29.6 Å². The van der Waals surface area contributed by atoms with E-state index in [9.17, 15) is 25.0 Å². The van der Waals surface area contributed by atoms with Crippen molar-refractivity contribution in [3.05, 3.63) is 37.9 Å². The fourth-order valence-corrected chi connectivity index (χ4v) is 3.50. The van der Waals surface area contributed by atoms with Crippen LogP contribution < -0.4 is 5.32 Å². The van der Waals surface area contributed by atoms with Crippen molar-refractivity contribution in [1.29, 1.82) is 0 Å². The lowest BCUT2D eigenvalue weighted by atomic mass is 9.89. The van der Waals surface area contributed by atoms with Gasteiger partial charge in [-0.3, -0.25) is 20.2 Å². The number of hydrogen-bond donors (Lipinski definition) is 1. The molecule has 0 saturated carbocycles. The molecule has 2 atom stereocenters. The third-order valence-electron chi connectivity index (χ3n) is 4.82. The van der Waals surface area contributed by atoms with Crippen molar-refractivity contribution in [2.45, 2.75) is 30.9 Å². The van der Waals surface area contributed by atoms with Crippen LogP contribution in [-0.2, 0) is 14.2 Å². The Kier molecular flexibility index (Phi) is 5.24. The number of nitrogens with zero attached hydrogens (tertiary/aromatic N) is 2. The lowest BCUT2D eigenvalue weighted by Crippen LogP contribution is -2.45. The SMILES string of the molecule is COC(=O)c1cc([N+](=O)[O-])cc([N+](=O)[O-])c1N[C@H]1CCO[C@]2(CCOC2)C1. The number of rotatable bonds is 5. The van der Waals surface area contributed by atoms with Crippen molar-refractivity contribution in [1.82, 2.24) is 0 Å². The Morgan fingerprint density at radius 3 is 2.67 bits per heavy atom. The maximum atomic E-state index is 12.1. The van der Waals surface area contributed by atoms with Crippen LogP contribution in [0, 0.1) is 20.2 Å². The summed E-state index contributed by atoms with van der Waals surface area (Å²) in [7, 11) is 1.11. The third-order valence-corrected chi connectivity index (χ3v) is 4.82. The Hall–Kier alpha value is -2.79. The smallest absolute Gasteiger partial charge is 0.340 e. The Morgan fingerprint density at radius 1 is 1.30 bits per heavy atom. The van der Waals surface area contributed by atoms with Crippen LogP contribution in [0.4, 0.5) is 17.1 Å². The van der Waals surface area contributed by atoms with E-state index in [-0.39, 0.29) is 17.3 Å². The maximum absolute atomic E-state index is 12.1. The molecule has 1 N–H and O–H groups in total. The number of nitro groups is 2. The summed E-state index contributed by atoms with van der Waals surface area (Å²) < 4.78 is 15.9. The van der Waals surface area contributed by atoms with Gasteiger partial charge in [0.25, 0.3) is 11.4 Å². The number of esters is 1. The highest BCUT2D eigenvalue weighted by Crippen LogP contribution is 2.38. The molecule has 1 aromatic rings. The molecular formula is C16H19N3O8. The molecule has 0 unspecified atom stereocenters. The fourth-order valence-electron chi connectivity index (χ4n) is 3.50. The highest BCUT2D eigenvalue weighted by atomic mass is 16.6. The highest BCUT2D eigenvalue weighted by molar-refractivity contribution is 5.99. The Balaban J connectivity index is 1.98. The maximum Gasteiger partial charge on any atom is 0.340 e. The molecule has 0 aliphatic carbocycles. The molecule has 2 aliphatic heterocycles. The summed E-state index contributed by atoms with van der Waals surface area (Å²) in [6, 6.07) is 1.60. The van der Waals surface area contributed by atoms with E-state index in [4.69, 9.17) is 9.47 Å². The summed E-state index contributed by atoms with van der Waals surface area (Å²) in [5.74, 6) is -0.893. The number of non-ortho nitro benzene ring substituents is 1. The molecule has 146 valence electrons. The summed E-state index contributed by atoms with van der Waals surface area (Å²) in [6.07, 6.45) is 1.83. The summed E-state index contributed by atoms with van der Waals surface area (Å²) in [5, 5.41) is 25.6. The van der Waals surface area contributed by atoms with Crippen LogP contribution >= 0.6 is 0 Å². The van der Waals surface area contributed by atoms with Gasteiger partial charge in [-0.05, 0) is 12.8 Å². The number of methoxy groups -OCH3 is 1. The van der Waals surface area contributed by atoms with E-state index in [0.717, 1.165) is 25.7 Å². The van der Waals surface area contributed by atoms with Gasteiger partial charge in [0.2, 0.25) is 0 Å². The van der Waals surface area contributed by atoms with E-state index in [0.29, 0.717) is 32.7 Å². The van der Waals surface area contributed by atoms with Gasteiger partial charge in [0.15, 0.2) is 0 Å². The van der Waals surface area contributed by atoms with Gasteiger partial charge in [-0.25, -0.2) is 4.79 Å². The number of nitro benzene ring substituents is 2. The average Bonchev–Trinajstić information content (AvgIpc) is 3.08. The van der Waals surface area contributed by atoms with Gasteiger partial charge in [-0.1, -0.05) is 0 Å². The zero-order chi connectivity index (χ0) is 19.6. The Morgan fingerprint density at radius 2 is 2.07 bits per heavy atom. The highest BCUT2D eigenvalue weighted by Gasteiger charge is 2.42. The first kappa shape index (κ1) is 19.0. The summed E-state index contributed by atoms with van der Waals surface area (Å²) >= 11 is 0. The number of nitrogens with one attached hydrogen (secondary N) is 1. The molecule has 3 rings (SSSR count). The number of anilines is 1. The minimum atomic E-state index is -0.893. The van der Waals surface area contributed by atoms with E-state index in [2.05, 4.69) is 10.1 Å². The number of ether oxygens (including phenoxy) is 3. The van der Waals surface area contributed by atoms with Gasteiger partial charge < -0.3 is 19.5 Å². The number of hydrogen-bond acceptors (Lipinski definition) is 9. The lowest BCUT2D eigenvalue weighted by molar-refractivity contribution is -0.393. The van der Waals surface area contributed by atoms with Crippen LogP contribution in [-0.4, -0.2) is 54.4 Å². The summed E-state index contributed by atoms with van der Waals surface area (Å²) in [5.41, 5.74) is -1.88. The molecule has 0 radical (unpaired) electrons. The molecule has 2 saturated heterocycles. The van der Waals surface area contributed by atoms with Gasteiger partial charge >= 0.3 is 5.97 Å². The zero-order valence-corrected chi connectivity index (χ0v) is 14.6. The molecule has 27 heavy (non-hydrogen) atoms. The molecule has 1 spiro atoms. The van der Waals surface area contributed by atoms with Crippen molar-refractivity contribution in [3.63, 3.8) is 0 Å². The molecule has 0 aromatic heterocycles. The van der Waals surface area contributed by atoms with E-state index in [1.165, 1.54) is 0 Å².